The van der Waals surface area contributed by atoms with E-state index in [0.29, 0.717) is 0 Å². The van der Waals surface area contributed by atoms with Gasteiger partial charge in [-0.2, -0.15) is 0 Å². The van der Waals surface area contributed by atoms with Gasteiger partial charge in [-0.15, -0.1) is 0 Å². The van der Waals surface area contributed by atoms with E-state index in [9.17, 15) is 4.79 Å². The molecule has 2 rings (SSSR count). The summed E-state index contributed by atoms with van der Waals surface area (Å²) in [6, 6.07) is 0. The van der Waals surface area contributed by atoms with Gasteiger partial charge in [-0.3, -0.25) is 4.79 Å². The summed E-state index contributed by atoms with van der Waals surface area (Å²) in [5, 5.41) is 3.03. The van der Waals surface area contributed by atoms with Gasteiger partial charge in [0.05, 0.1) is 12.1 Å². The topological polar surface area (TPSA) is 38.3 Å². The molecule has 3 heteroatoms. The summed E-state index contributed by atoms with van der Waals surface area (Å²) < 4.78 is 5.21. The third kappa shape index (κ3) is 1.25. The molecule has 0 atom stereocenters. The van der Waals surface area contributed by atoms with E-state index in [1.807, 2.05) is 0 Å². The smallest absolute Gasteiger partial charge is 0.246 e. The molecule has 2 aliphatic rings. The average Bonchev–Trinajstić information content (AvgIpc) is 2.37. The van der Waals surface area contributed by atoms with Gasteiger partial charge >= 0.3 is 0 Å². The molecule has 2 fully saturated rings. The molecule has 0 radical (unpaired) electrons. The van der Waals surface area contributed by atoms with Crippen LogP contribution in [0.15, 0.2) is 0 Å². The molecule has 0 unspecified atom stereocenters. The van der Waals surface area contributed by atoms with Crippen molar-refractivity contribution in [1.29, 1.82) is 0 Å². The van der Waals surface area contributed by atoms with Gasteiger partial charge in [-0.25, -0.2) is 0 Å². The molecule has 3 nitrogen and oxygen atoms in total. The van der Waals surface area contributed by atoms with Gasteiger partial charge in [0, 0.05) is 0 Å². The molecular weight excluding hydrogens is 142 g/mol. The monoisotopic (exact) mass is 155 g/mol. The molecule has 1 spiro atoms. The minimum Gasteiger partial charge on any atom is -0.369 e. The van der Waals surface area contributed by atoms with Gasteiger partial charge in [0.15, 0.2) is 0 Å². The molecule has 0 aromatic carbocycles. The maximum Gasteiger partial charge on any atom is 0.246 e. The molecule has 1 aliphatic carbocycles. The molecule has 1 N–H and O–H groups in total. The Morgan fingerprint density at radius 3 is 2.73 bits per heavy atom. The molecule has 0 aromatic rings. The van der Waals surface area contributed by atoms with Gasteiger partial charge in [0.25, 0.3) is 0 Å². The lowest BCUT2D eigenvalue weighted by molar-refractivity contribution is -0.135. The van der Waals surface area contributed by atoms with E-state index >= 15 is 0 Å². The van der Waals surface area contributed by atoms with E-state index in [2.05, 4.69) is 5.32 Å². The van der Waals surface area contributed by atoms with Crippen molar-refractivity contribution in [2.45, 2.75) is 31.2 Å². The van der Waals surface area contributed by atoms with Crippen molar-refractivity contribution in [3.63, 3.8) is 0 Å². The molecule has 0 bridgehead atoms. The first-order valence-electron chi connectivity index (χ1n) is 4.20. The van der Waals surface area contributed by atoms with Crippen LogP contribution in [0.1, 0.15) is 25.7 Å². The van der Waals surface area contributed by atoms with Crippen molar-refractivity contribution in [3.8, 4) is 0 Å². The molecular formula is C8H13NO2. The Labute approximate surface area is 66.1 Å². The second kappa shape index (κ2) is 2.48. The fraction of sp³-hybridized carbons (Fsp3) is 0.875. The van der Waals surface area contributed by atoms with Crippen molar-refractivity contribution < 1.29 is 9.53 Å². The SMILES string of the molecule is O=C1COCC2(CCCC2)N1. The van der Waals surface area contributed by atoms with Crippen molar-refractivity contribution >= 4 is 5.91 Å². The highest BCUT2D eigenvalue weighted by Crippen LogP contribution is 2.31. The molecule has 1 amide bonds. The van der Waals surface area contributed by atoms with Gasteiger partial charge in [0.2, 0.25) is 5.91 Å². The quantitative estimate of drug-likeness (QED) is 0.551. The summed E-state index contributed by atoms with van der Waals surface area (Å²) >= 11 is 0. The number of carbonyl (C=O) groups is 1. The summed E-state index contributed by atoms with van der Waals surface area (Å²) in [6.07, 6.45) is 4.64. The first-order valence-corrected chi connectivity index (χ1v) is 4.20. The first-order chi connectivity index (χ1) is 5.31. The van der Waals surface area contributed by atoms with E-state index in [0.717, 1.165) is 19.4 Å². The summed E-state index contributed by atoms with van der Waals surface area (Å²) in [6.45, 7) is 0.973. The predicted molar refractivity (Wildman–Crippen MR) is 40.2 cm³/mol. The van der Waals surface area contributed by atoms with E-state index < -0.39 is 0 Å². The van der Waals surface area contributed by atoms with Crippen LogP contribution in [0.5, 0.6) is 0 Å². The largest absolute Gasteiger partial charge is 0.369 e. The highest BCUT2D eigenvalue weighted by atomic mass is 16.5. The highest BCUT2D eigenvalue weighted by molar-refractivity contribution is 5.78. The molecule has 1 saturated carbocycles. The minimum atomic E-state index is 0.0231. The molecule has 1 saturated heterocycles. The standard InChI is InChI=1S/C8H13NO2/c10-7-5-11-6-8(9-7)3-1-2-4-8/h1-6H2,(H,9,10). The number of nitrogens with one attached hydrogen (secondary N) is 1. The van der Waals surface area contributed by atoms with Crippen LogP contribution in [0, 0.1) is 0 Å². The van der Waals surface area contributed by atoms with E-state index in [1.54, 1.807) is 0 Å². The molecule has 1 heterocycles. The second-order valence-electron chi connectivity index (χ2n) is 3.53. The van der Waals surface area contributed by atoms with E-state index in [1.165, 1.54) is 12.8 Å². The Morgan fingerprint density at radius 1 is 1.36 bits per heavy atom. The van der Waals surface area contributed by atoms with Crippen molar-refractivity contribution in [2.75, 3.05) is 13.2 Å². The Kier molecular flexibility index (Phi) is 1.60. The summed E-state index contributed by atoms with van der Waals surface area (Å²) in [4.78, 5) is 11.0. The van der Waals surface area contributed by atoms with Crippen molar-refractivity contribution in [2.24, 2.45) is 0 Å². The molecule has 0 aromatic heterocycles. The van der Waals surface area contributed by atoms with Crippen molar-refractivity contribution in [3.05, 3.63) is 0 Å². The number of amides is 1. The van der Waals surface area contributed by atoms with Crippen LogP contribution < -0.4 is 5.32 Å². The Hall–Kier alpha value is -0.570. The zero-order chi connectivity index (χ0) is 7.73. The maximum atomic E-state index is 11.0. The highest BCUT2D eigenvalue weighted by Gasteiger charge is 2.38. The number of rotatable bonds is 0. The summed E-state index contributed by atoms with van der Waals surface area (Å²) in [5.41, 5.74) is 0.0231. The third-order valence-electron chi connectivity index (χ3n) is 2.58. The Bertz CT molecular complexity index is 173. The van der Waals surface area contributed by atoms with Gasteiger partial charge in [-0.1, -0.05) is 12.8 Å². The molecule has 1 aliphatic heterocycles. The Balaban J connectivity index is 2.05. The first kappa shape index (κ1) is 7.10. The fourth-order valence-corrected chi connectivity index (χ4v) is 2.03. The maximum absolute atomic E-state index is 11.0. The Morgan fingerprint density at radius 2 is 2.09 bits per heavy atom. The molecule has 11 heavy (non-hydrogen) atoms. The van der Waals surface area contributed by atoms with Crippen LogP contribution in [0.3, 0.4) is 0 Å². The van der Waals surface area contributed by atoms with E-state index in [-0.39, 0.29) is 18.1 Å². The average molecular weight is 155 g/mol. The zero-order valence-electron chi connectivity index (χ0n) is 6.56. The lowest BCUT2D eigenvalue weighted by Crippen LogP contribution is -2.55. The van der Waals surface area contributed by atoms with Crippen LogP contribution in [0.25, 0.3) is 0 Å². The zero-order valence-corrected chi connectivity index (χ0v) is 6.56. The molecule has 62 valence electrons. The number of ether oxygens (including phenoxy) is 1. The van der Waals surface area contributed by atoms with Crippen molar-refractivity contribution in [1.82, 2.24) is 5.32 Å². The second-order valence-corrected chi connectivity index (χ2v) is 3.53. The predicted octanol–water partition coefficient (Wildman–Crippen LogP) is 0.446. The van der Waals surface area contributed by atoms with Gasteiger partial charge in [-0.05, 0) is 12.8 Å². The minimum absolute atomic E-state index is 0.0231. The van der Waals surface area contributed by atoms with Crippen LogP contribution in [0.2, 0.25) is 0 Å². The van der Waals surface area contributed by atoms with E-state index in [4.69, 9.17) is 4.74 Å². The van der Waals surface area contributed by atoms with Crippen LogP contribution in [0.4, 0.5) is 0 Å². The van der Waals surface area contributed by atoms with Gasteiger partial charge < -0.3 is 10.1 Å². The van der Waals surface area contributed by atoms with Crippen LogP contribution >= 0.6 is 0 Å². The lowest BCUT2D eigenvalue weighted by Gasteiger charge is -2.33. The van der Waals surface area contributed by atoms with Crippen LogP contribution in [-0.2, 0) is 9.53 Å². The number of hydrogen-bond acceptors (Lipinski definition) is 2. The summed E-state index contributed by atoms with van der Waals surface area (Å²) in [5.74, 6) is 0.0538. The number of carbonyl (C=O) groups excluding carboxylic acids is 1. The number of hydrogen-bond donors (Lipinski definition) is 1. The lowest BCUT2D eigenvalue weighted by atomic mass is 9.98. The fourth-order valence-electron chi connectivity index (χ4n) is 2.03. The number of morpholine rings is 1. The van der Waals surface area contributed by atoms with Gasteiger partial charge in [0.1, 0.15) is 6.61 Å². The third-order valence-corrected chi connectivity index (χ3v) is 2.58. The normalized spacial score (nSPS) is 28.9. The summed E-state index contributed by atoms with van der Waals surface area (Å²) in [7, 11) is 0. The van der Waals surface area contributed by atoms with Crippen LogP contribution in [-0.4, -0.2) is 24.7 Å².